The zero-order valence-electron chi connectivity index (χ0n) is 15.7. The number of fused-ring (bicyclic) bond motifs is 1. The van der Waals surface area contributed by atoms with Crippen molar-refractivity contribution in [1.29, 1.82) is 0 Å². The number of hydrogen-bond donors (Lipinski definition) is 1. The predicted octanol–water partition coefficient (Wildman–Crippen LogP) is 3.77. The first-order valence-electron chi connectivity index (χ1n) is 9.05. The number of aryl methyl sites for hydroxylation is 1. The summed E-state index contributed by atoms with van der Waals surface area (Å²) in [5.41, 5.74) is 3.39. The second-order valence-corrected chi connectivity index (χ2v) is 7.60. The van der Waals surface area contributed by atoms with E-state index in [9.17, 15) is 9.18 Å². The lowest BCUT2D eigenvalue weighted by Gasteiger charge is -2.42. The van der Waals surface area contributed by atoms with Gasteiger partial charge in [0.25, 0.3) is 5.91 Å². The van der Waals surface area contributed by atoms with Gasteiger partial charge in [-0.15, -0.1) is 0 Å². The van der Waals surface area contributed by atoms with Crippen molar-refractivity contribution in [2.75, 3.05) is 19.6 Å². The molecule has 4 rings (SSSR count). The van der Waals surface area contributed by atoms with Crippen LogP contribution in [0.4, 0.5) is 4.39 Å². The van der Waals surface area contributed by atoms with Crippen LogP contribution in [0, 0.1) is 12.7 Å². The largest absolute Gasteiger partial charge is 0.449 e. The SMILES string of the molecule is Cc1cc(-c2ccc(F)cc2)nc2cc(C(=O)N3CCNCC3(C)C)oc12. The lowest BCUT2D eigenvalue weighted by molar-refractivity contribution is 0.0448. The van der Waals surface area contributed by atoms with Crippen LogP contribution in [0.1, 0.15) is 30.0 Å². The third kappa shape index (κ3) is 3.21. The fraction of sp³-hybridized carbons (Fsp3) is 0.333. The molecule has 1 saturated heterocycles. The Morgan fingerprint density at radius 3 is 2.70 bits per heavy atom. The number of amides is 1. The highest BCUT2D eigenvalue weighted by atomic mass is 19.1. The lowest BCUT2D eigenvalue weighted by Crippen LogP contribution is -2.59. The van der Waals surface area contributed by atoms with E-state index in [1.165, 1.54) is 12.1 Å². The van der Waals surface area contributed by atoms with E-state index in [0.717, 1.165) is 29.9 Å². The fourth-order valence-corrected chi connectivity index (χ4v) is 3.55. The van der Waals surface area contributed by atoms with E-state index in [1.807, 2.05) is 31.7 Å². The van der Waals surface area contributed by atoms with Crippen LogP contribution < -0.4 is 5.32 Å². The van der Waals surface area contributed by atoms with Crippen LogP contribution in [0.15, 0.2) is 40.8 Å². The topological polar surface area (TPSA) is 58.4 Å². The van der Waals surface area contributed by atoms with E-state index in [1.54, 1.807) is 18.2 Å². The van der Waals surface area contributed by atoms with E-state index in [-0.39, 0.29) is 17.3 Å². The summed E-state index contributed by atoms with van der Waals surface area (Å²) in [5.74, 6) is -0.111. The first-order valence-corrected chi connectivity index (χ1v) is 9.05. The molecular formula is C21H22FN3O2. The zero-order chi connectivity index (χ0) is 19.2. The molecule has 0 spiro atoms. The number of pyridine rings is 1. The smallest absolute Gasteiger partial charge is 0.290 e. The van der Waals surface area contributed by atoms with Crippen LogP contribution in [-0.2, 0) is 0 Å². The Kier molecular flexibility index (Phi) is 4.23. The summed E-state index contributed by atoms with van der Waals surface area (Å²) >= 11 is 0. The van der Waals surface area contributed by atoms with Gasteiger partial charge in [0.1, 0.15) is 11.3 Å². The molecule has 0 atom stereocenters. The molecule has 140 valence electrons. The molecule has 0 radical (unpaired) electrons. The van der Waals surface area contributed by atoms with Crippen LogP contribution >= 0.6 is 0 Å². The molecule has 3 aromatic rings. The van der Waals surface area contributed by atoms with Crippen molar-refractivity contribution < 1.29 is 13.6 Å². The summed E-state index contributed by atoms with van der Waals surface area (Å²) in [7, 11) is 0. The number of rotatable bonds is 2. The van der Waals surface area contributed by atoms with Crippen LogP contribution in [0.25, 0.3) is 22.4 Å². The number of piperazine rings is 1. The monoisotopic (exact) mass is 367 g/mol. The van der Waals surface area contributed by atoms with Crippen LogP contribution in [0.2, 0.25) is 0 Å². The van der Waals surface area contributed by atoms with Crippen LogP contribution in [0.5, 0.6) is 0 Å². The number of halogens is 1. The van der Waals surface area contributed by atoms with Gasteiger partial charge >= 0.3 is 0 Å². The Labute approximate surface area is 157 Å². The number of nitrogens with one attached hydrogen (secondary N) is 1. The molecule has 0 bridgehead atoms. The number of benzene rings is 1. The van der Waals surface area contributed by atoms with Gasteiger partial charge in [-0.05, 0) is 56.7 Å². The number of carbonyl (C=O) groups excluding carboxylic acids is 1. The summed E-state index contributed by atoms with van der Waals surface area (Å²) in [6.45, 7) is 8.14. The second-order valence-electron chi connectivity index (χ2n) is 7.60. The summed E-state index contributed by atoms with van der Waals surface area (Å²) < 4.78 is 19.1. The molecule has 3 heterocycles. The molecule has 0 saturated carbocycles. The van der Waals surface area contributed by atoms with Crippen LogP contribution in [0.3, 0.4) is 0 Å². The van der Waals surface area contributed by atoms with Gasteiger partial charge in [0.2, 0.25) is 0 Å². The molecule has 1 aliphatic rings. The molecule has 5 nitrogen and oxygen atoms in total. The Morgan fingerprint density at radius 2 is 2.00 bits per heavy atom. The Bertz CT molecular complexity index is 1010. The minimum atomic E-state index is -0.286. The number of aromatic nitrogens is 1. The first kappa shape index (κ1) is 17.7. The molecule has 1 fully saturated rings. The normalized spacial score (nSPS) is 16.7. The molecule has 6 heteroatoms. The Hall–Kier alpha value is -2.73. The van der Waals surface area contributed by atoms with Gasteiger partial charge in [-0.2, -0.15) is 0 Å². The third-order valence-corrected chi connectivity index (χ3v) is 5.06. The van der Waals surface area contributed by atoms with E-state index in [0.29, 0.717) is 23.4 Å². The van der Waals surface area contributed by atoms with E-state index < -0.39 is 0 Å². The predicted molar refractivity (Wildman–Crippen MR) is 102 cm³/mol. The number of carbonyl (C=O) groups is 1. The zero-order valence-corrected chi connectivity index (χ0v) is 15.7. The van der Waals surface area contributed by atoms with Gasteiger partial charge < -0.3 is 14.6 Å². The highest BCUT2D eigenvalue weighted by Crippen LogP contribution is 2.29. The third-order valence-electron chi connectivity index (χ3n) is 5.06. The van der Waals surface area contributed by atoms with Crippen molar-refractivity contribution in [1.82, 2.24) is 15.2 Å². The number of hydrogen-bond acceptors (Lipinski definition) is 4. The first-order chi connectivity index (χ1) is 12.8. The molecule has 0 aliphatic carbocycles. The maximum atomic E-state index is 13.2. The minimum absolute atomic E-state index is 0.123. The van der Waals surface area contributed by atoms with Gasteiger partial charge in [-0.3, -0.25) is 4.79 Å². The molecule has 1 aromatic carbocycles. The molecule has 1 aliphatic heterocycles. The summed E-state index contributed by atoms with van der Waals surface area (Å²) in [6, 6.07) is 9.80. The number of furan rings is 1. The Morgan fingerprint density at radius 1 is 1.26 bits per heavy atom. The van der Waals surface area contributed by atoms with Gasteiger partial charge in [-0.1, -0.05) is 0 Å². The van der Waals surface area contributed by atoms with Gasteiger partial charge in [0.15, 0.2) is 11.3 Å². The number of nitrogens with zero attached hydrogens (tertiary/aromatic N) is 2. The highest BCUT2D eigenvalue weighted by Gasteiger charge is 2.35. The van der Waals surface area contributed by atoms with E-state index >= 15 is 0 Å². The van der Waals surface area contributed by atoms with Crippen molar-refractivity contribution in [2.24, 2.45) is 0 Å². The standard InChI is InChI=1S/C21H22FN3O2/c1-13-10-16(14-4-6-15(22)7-5-14)24-17-11-18(27-19(13)17)20(26)25-9-8-23-12-21(25,2)3/h4-7,10-11,23H,8-9,12H2,1-3H3. The Balaban J connectivity index is 1.73. The average Bonchev–Trinajstić information content (AvgIpc) is 3.06. The molecule has 27 heavy (non-hydrogen) atoms. The van der Waals surface area contributed by atoms with Gasteiger partial charge in [0, 0.05) is 31.3 Å². The summed E-state index contributed by atoms with van der Waals surface area (Å²) in [6.07, 6.45) is 0. The highest BCUT2D eigenvalue weighted by molar-refractivity contribution is 5.96. The van der Waals surface area contributed by atoms with Crippen molar-refractivity contribution in [3.63, 3.8) is 0 Å². The second kappa shape index (κ2) is 6.46. The quantitative estimate of drug-likeness (QED) is 0.749. The maximum absolute atomic E-state index is 13.2. The van der Waals surface area contributed by atoms with Crippen molar-refractivity contribution in [3.05, 3.63) is 53.5 Å². The van der Waals surface area contributed by atoms with Gasteiger partial charge in [0.05, 0.1) is 11.2 Å². The van der Waals surface area contributed by atoms with Crippen molar-refractivity contribution in [3.8, 4) is 11.3 Å². The summed E-state index contributed by atoms with van der Waals surface area (Å²) in [4.78, 5) is 19.5. The van der Waals surface area contributed by atoms with Gasteiger partial charge in [-0.25, -0.2) is 9.37 Å². The fourth-order valence-electron chi connectivity index (χ4n) is 3.55. The van der Waals surface area contributed by atoms with Crippen molar-refractivity contribution in [2.45, 2.75) is 26.3 Å². The molecule has 0 unspecified atom stereocenters. The molecule has 2 aromatic heterocycles. The van der Waals surface area contributed by atoms with E-state index in [2.05, 4.69) is 10.3 Å². The van der Waals surface area contributed by atoms with Crippen molar-refractivity contribution >= 4 is 17.0 Å². The molecular weight excluding hydrogens is 345 g/mol. The molecule has 1 amide bonds. The molecule has 1 N–H and O–H groups in total. The maximum Gasteiger partial charge on any atom is 0.290 e. The summed E-state index contributed by atoms with van der Waals surface area (Å²) in [5, 5.41) is 3.31. The minimum Gasteiger partial charge on any atom is -0.449 e. The van der Waals surface area contributed by atoms with Crippen LogP contribution in [-0.4, -0.2) is 41.0 Å². The average molecular weight is 367 g/mol. The lowest BCUT2D eigenvalue weighted by atomic mass is 10.00. The van der Waals surface area contributed by atoms with E-state index in [4.69, 9.17) is 4.42 Å².